The molecule has 1 aromatic carbocycles. The summed E-state index contributed by atoms with van der Waals surface area (Å²) in [5, 5.41) is 16.2. The molecule has 3 aromatic heterocycles. The summed E-state index contributed by atoms with van der Waals surface area (Å²) >= 11 is 1.40. The van der Waals surface area contributed by atoms with Crippen molar-refractivity contribution >= 4 is 32.7 Å². The molecule has 0 atom stereocenters. The summed E-state index contributed by atoms with van der Waals surface area (Å²) in [7, 11) is 0. The summed E-state index contributed by atoms with van der Waals surface area (Å²) in [6.45, 7) is 5.78. The number of hydrogen-bond donors (Lipinski definition) is 3. The van der Waals surface area contributed by atoms with Crippen LogP contribution < -0.4 is 10.6 Å². The second-order valence-electron chi connectivity index (χ2n) is 7.29. The Morgan fingerprint density at radius 1 is 1.27 bits per heavy atom. The van der Waals surface area contributed by atoms with E-state index in [1.54, 1.807) is 32.6 Å². The lowest BCUT2D eigenvalue weighted by Gasteiger charge is -2.13. The molecule has 0 fully saturated rings. The number of fused-ring (bicyclic) bond motifs is 1. The van der Waals surface area contributed by atoms with Crippen molar-refractivity contribution in [2.75, 3.05) is 11.9 Å². The number of carbonyl (C=O) groups excluding carboxylic acids is 1. The van der Waals surface area contributed by atoms with Crippen LogP contribution in [0.3, 0.4) is 0 Å². The Hall–Kier alpha value is -3.30. The summed E-state index contributed by atoms with van der Waals surface area (Å²) in [4.78, 5) is 25.3. The number of hydrogen-bond acceptors (Lipinski definition) is 6. The van der Waals surface area contributed by atoms with Crippen LogP contribution in [0.4, 0.5) is 9.93 Å². The van der Waals surface area contributed by atoms with E-state index in [9.17, 15) is 9.90 Å². The van der Waals surface area contributed by atoms with Crippen LogP contribution in [0.1, 0.15) is 26.5 Å². The summed E-state index contributed by atoms with van der Waals surface area (Å²) < 4.78 is 2.77. The number of amides is 2. The Bertz CT molecular complexity index is 1190. The molecular formula is C21H22N6O2S. The van der Waals surface area contributed by atoms with Crippen LogP contribution >= 0.6 is 11.3 Å². The van der Waals surface area contributed by atoms with Gasteiger partial charge in [0.25, 0.3) is 0 Å². The van der Waals surface area contributed by atoms with Crippen LogP contribution in [0.2, 0.25) is 0 Å². The van der Waals surface area contributed by atoms with Gasteiger partial charge in [0.05, 0.1) is 27.9 Å². The number of nitrogens with zero attached hydrogens (tertiary/aromatic N) is 4. The smallest absolute Gasteiger partial charge is 0.321 e. The van der Waals surface area contributed by atoms with E-state index in [-0.39, 0.29) is 6.03 Å². The lowest BCUT2D eigenvalue weighted by Crippen LogP contribution is -2.28. The normalized spacial score (nSPS) is 11.6. The molecule has 8 nitrogen and oxygen atoms in total. The zero-order chi connectivity index (χ0) is 21.3. The van der Waals surface area contributed by atoms with Gasteiger partial charge in [-0.1, -0.05) is 17.4 Å². The zero-order valence-electron chi connectivity index (χ0n) is 16.9. The summed E-state index contributed by atoms with van der Waals surface area (Å²) in [5.74, 6) is 0. The number of anilines is 1. The predicted molar refractivity (Wildman–Crippen MR) is 118 cm³/mol. The van der Waals surface area contributed by atoms with Gasteiger partial charge in [-0.05, 0) is 45.0 Å². The van der Waals surface area contributed by atoms with E-state index in [4.69, 9.17) is 0 Å². The number of aromatic nitrogens is 4. The molecule has 0 aliphatic carbocycles. The Morgan fingerprint density at radius 2 is 2.10 bits per heavy atom. The molecule has 0 saturated heterocycles. The van der Waals surface area contributed by atoms with Crippen molar-refractivity contribution in [2.24, 2.45) is 0 Å². The molecule has 154 valence electrons. The van der Waals surface area contributed by atoms with Crippen LogP contribution in [-0.4, -0.2) is 37.2 Å². The fourth-order valence-corrected chi connectivity index (χ4v) is 3.98. The second-order valence-corrected chi connectivity index (χ2v) is 8.28. The number of urea groups is 1. The number of benzene rings is 1. The third-order valence-corrected chi connectivity index (χ3v) is 5.50. The predicted octanol–water partition coefficient (Wildman–Crippen LogP) is 3.91. The first kappa shape index (κ1) is 20.0. The van der Waals surface area contributed by atoms with Crippen LogP contribution in [0.25, 0.3) is 27.2 Å². The molecule has 0 aliphatic rings. The van der Waals surface area contributed by atoms with Crippen molar-refractivity contribution in [2.45, 2.75) is 26.4 Å². The molecule has 3 heterocycles. The van der Waals surface area contributed by atoms with Crippen LogP contribution in [0.5, 0.6) is 0 Å². The minimum absolute atomic E-state index is 0.291. The molecule has 9 heteroatoms. The number of thiazole rings is 1. The van der Waals surface area contributed by atoms with E-state index in [2.05, 4.69) is 25.6 Å². The molecule has 0 spiro atoms. The molecular weight excluding hydrogens is 400 g/mol. The molecule has 4 rings (SSSR count). The van der Waals surface area contributed by atoms with E-state index in [0.29, 0.717) is 17.4 Å². The van der Waals surface area contributed by atoms with Gasteiger partial charge in [0.2, 0.25) is 0 Å². The van der Waals surface area contributed by atoms with E-state index < -0.39 is 5.60 Å². The Balaban J connectivity index is 1.84. The minimum atomic E-state index is -1.04. The van der Waals surface area contributed by atoms with Crippen molar-refractivity contribution in [3.8, 4) is 16.9 Å². The molecule has 0 aliphatic heterocycles. The number of rotatable bonds is 5. The molecule has 0 saturated carbocycles. The highest BCUT2D eigenvalue weighted by Gasteiger charge is 2.20. The van der Waals surface area contributed by atoms with E-state index in [1.165, 1.54) is 11.3 Å². The van der Waals surface area contributed by atoms with Gasteiger partial charge in [-0.15, -0.1) is 0 Å². The van der Waals surface area contributed by atoms with E-state index in [1.807, 2.05) is 41.8 Å². The molecule has 0 unspecified atom stereocenters. The standard InChI is InChI=1S/C21H22N6O2S/c1-4-22-19(28)26-20-25-16-10-13(27-11-17(24-12-27)21(2,3)29)9-14(18(16)30-20)15-7-5-6-8-23-15/h5-12,29H,4H2,1-3H3,(H2,22,25,26,28). The average molecular weight is 423 g/mol. The molecule has 4 aromatic rings. The van der Waals surface area contributed by atoms with Gasteiger partial charge in [0.1, 0.15) is 5.60 Å². The topological polar surface area (TPSA) is 105 Å². The molecule has 3 N–H and O–H groups in total. The highest BCUT2D eigenvalue weighted by atomic mass is 32.1. The molecule has 0 radical (unpaired) electrons. The Morgan fingerprint density at radius 3 is 2.77 bits per heavy atom. The first-order valence-corrected chi connectivity index (χ1v) is 10.3. The minimum Gasteiger partial charge on any atom is -0.384 e. The number of aliphatic hydroxyl groups is 1. The van der Waals surface area contributed by atoms with E-state index >= 15 is 0 Å². The summed E-state index contributed by atoms with van der Waals surface area (Å²) in [6.07, 6.45) is 5.20. The van der Waals surface area contributed by atoms with Crippen LogP contribution in [-0.2, 0) is 5.60 Å². The largest absolute Gasteiger partial charge is 0.384 e. The van der Waals surface area contributed by atoms with Crippen LogP contribution in [0.15, 0.2) is 49.1 Å². The van der Waals surface area contributed by atoms with Gasteiger partial charge in [-0.2, -0.15) is 0 Å². The SMILES string of the molecule is CCNC(=O)Nc1nc2cc(-n3cnc(C(C)(C)O)c3)cc(-c3ccccn3)c2s1. The highest BCUT2D eigenvalue weighted by Crippen LogP contribution is 2.36. The van der Waals surface area contributed by atoms with Crippen molar-refractivity contribution in [1.82, 2.24) is 24.8 Å². The number of imidazole rings is 1. The maximum absolute atomic E-state index is 11.9. The number of pyridine rings is 1. The van der Waals surface area contributed by atoms with Gasteiger partial charge in [-0.3, -0.25) is 10.3 Å². The third kappa shape index (κ3) is 4.03. The Labute approximate surface area is 177 Å². The monoisotopic (exact) mass is 422 g/mol. The van der Waals surface area contributed by atoms with Gasteiger partial charge in [0.15, 0.2) is 5.13 Å². The zero-order valence-corrected chi connectivity index (χ0v) is 17.7. The average Bonchev–Trinajstić information content (AvgIpc) is 3.34. The highest BCUT2D eigenvalue weighted by molar-refractivity contribution is 7.22. The molecule has 0 bridgehead atoms. The first-order chi connectivity index (χ1) is 14.3. The number of carbonyl (C=O) groups is 1. The van der Waals surface area contributed by atoms with Gasteiger partial charge in [-0.25, -0.2) is 14.8 Å². The maximum Gasteiger partial charge on any atom is 0.321 e. The van der Waals surface area contributed by atoms with Crippen molar-refractivity contribution in [1.29, 1.82) is 0 Å². The van der Waals surface area contributed by atoms with Crippen LogP contribution in [0, 0.1) is 0 Å². The fourth-order valence-electron chi connectivity index (χ4n) is 3.01. The van der Waals surface area contributed by atoms with Gasteiger partial charge >= 0.3 is 6.03 Å². The fraction of sp³-hybridized carbons (Fsp3) is 0.238. The quantitative estimate of drug-likeness (QED) is 0.452. The van der Waals surface area contributed by atoms with Crippen molar-refractivity contribution in [3.05, 3.63) is 54.7 Å². The number of nitrogens with one attached hydrogen (secondary N) is 2. The third-order valence-electron chi connectivity index (χ3n) is 4.48. The lowest BCUT2D eigenvalue weighted by atomic mass is 10.1. The van der Waals surface area contributed by atoms with Crippen molar-refractivity contribution < 1.29 is 9.90 Å². The maximum atomic E-state index is 11.9. The van der Waals surface area contributed by atoms with Gasteiger partial charge < -0.3 is 15.0 Å². The van der Waals surface area contributed by atoms with Crippen molar-refractivity contribution in [3.63, 3.8) is 0 Å². The molecule has 30 heavy (non-hydrogen) atoms. The molecule has 2 amide bonds. The van der Waals surface area contributed by atoms with E-state index in [0.717, 1.165) is 27.2 Å². The summed E-state index contributed by atoms with van der Waals surface area (Å²) in [6, 6.07) is 9.38. The lowest BCUT2D eigenvalue weighted by molar-refractivity contribution is 0.0742. The second kappa shape index (κ2) is 7.85. The Kier molecular flexibility index (Phi) is 5.23. The first-order valence-electron chi connectivity index (χ1n) is 9.53. The van der Waals surface area contributed by atoms with Gasteiger partial charge in [0, 0.05) is 30.2 Å². The summed E-state index contributed by atoms with van der Waals surface area (Å²) in [5.41, 5.74) is 2.82.